The zero-order chi connectivity index (χ0) is 15.4. The molecule has 1 aromatic rings. The summed E-state index contributed by atoms with van der Waals surface area (Å²) in [5.41, 5.74) is 7.10. The lowest BCUT2D eigenvalue weighted by Gasteiger charge is -2.36. The molecule has 116 valence electrons. The van der Waals surface area contributed by atoms with Gasteiger partial charge in [0.15, 0.2) is 0 Å². The van der Waals surface area contributed by atoms with E-state index in [1.54, 1.807) is 4.90 Å². The second-order valence-corrected chi connectivity index (χ2v) is 6.80. The van der Waals surface area contributed by atoms with E-state index in [0.29, 0.717) is 19.1 Å². The Labute approximate surface area is 135 Å². The Hall–Kier alpha value is -0.910. The van der Waals surface area contributed by atoms with Crippen molar-refractivity contribution in [1.82, 2.24) is 9.80 Å². The van der Waals surface area contributed by atoms with Gasteiger partial charge in [0.25, 0.3) is 0 Å². The smallest absolute Gasteiger partial charge is 0.236 e. The SMILES string of the molecule is CC1CC(N)CCN1CC(=O)N(C)Cc1ccccc1Br. The molecule has 1 heterocycles. The fraction of sp³-hybridized carbons (Fsp3) is 0.562. The highest BCUT2D eigenvalue weighted by Crippen LogP contribution is 2.18. The lowest BCUT2D eigenvalue weighted by Crippen LogP contribution is -2.49. The van der Waals surface area contributed by atoms with Gasteiger partial charge in [-0.3, -0.25) is 9.69 Å². The number of carbonyl (C=O) groups excluding carboxylic acids is 1. The predicted molar refractivity (Wildman–Crippen MR) is 88.9 cm³/mol. The van der Waals surface area contributed by atoms with Gasteiger partial charge in [-0.25, -0.2) is 0 Å². The van der Waals surface area contributed by atoms with Crippen molar-refractivity contribution in [1.29, 1.82) is 0 Å². The first-order valence-electron chi connectivity index (χ1n) is 7.44. The third-order valence-corrected chi connectivity index (χ3v) is 4.96. The van der Waals surface area contributed by atoms with E-state index < -0.39 is 0 Å². The normalized spacial score (nSPS) is 23.0. The van der Waals surface area contributed by atoms with Crippen LogP contribution in [0, 0.1) is 0 Å². The van der Waals surface area contributed by atoms with E-state index >= 15 is 0 Å². The summed E-state index contributed by atoms with van der Waals surface area (Å²) in [5.74, 6) is 0.160. The Morgan fingerprint density at radius 1 is 1.48 bits per heavy atom. The van der Waals surface area contributed by atoms with Gasteiger partial charge >= 0.3 is 0 Å². The molecule has 1 aliphatic rings. The molecule has 1 aromatic carbocycles. The molecule has 1 amide bonds. The van der Waals surface area contributed by atoms with E-state index in [2.05, 4.69) is 27.8 Å². The van der Waals surface area contributed by atoms with Crippen LogP contribution in [0.15, 0.2) is 28.7 Å². The number of carbonyl (C=O) groups is 1. The zero-order valence-electron chi connectivity index (χ0n) is 12.8. The minimum atomic E-state index is 0.160. The van der Waals surface area contributed by atoms with Crippen LogP contribution in [0.3, 0.4) is 0 Å². The number of nitrogens with zero attached hydrogens (tertiary/aromatic N) is 2. The van der Waals surface area contributed by atoms with E-state index in [1.165, 1.54) is 0 Å². The van der Waals surface area contributed by atoms with Gasteiger partial charge in [0, 0.05) is 36.7 Å². The number of benzene rings is 1. The third kappa shape index (κ3) is 4.53. The highest BCUT2D eigenvalue weighted by Gasteiger charge is 2.25. The van der Waals surface area contributed by atoms with Crippen LogP contribution >= 0.6 is 15.9 Å². The molecule has 2 atom stereocenters. The number of likely N-dealkylation sites (tertiary alicyclic amines) is 1. The molecule has 0 aliphatic carbocycles. The van der Waals surface area contributed by atoms with Gasteiger partial charge in [0.1, 0.15) is 0 Å². The van der Waals surface area contributed by atoms with Crippen molar-refractivity contribution in [3.05, 3.63) is 34.3 Å². The Morgan fingerprint density at radius 2 is 2.19 bits per heavy atom. The van der Waals surface area contributed by atoms with Crippen LogP contribution in [0.25, 0.3) is 0 Å². The maximum absolute atomic E-state index is 12.4. The fourth-order valence-electron chi connectivity index (χ4n) is 2.76. The van der Waals surface area contributed by atoms with Crippen molar-refractivity contribution >= 4 is 21.8 Å². The van der Waals surface area contributed by atoms with Crippen molar-refractivity contribution in [2.45, 2.75) is 38.4 Å². The molecule has 1 saturated heterocycles. The Kier molecular flexibility index (Phi) is 5.79. The molecule has 4 nitrogen and oxygen atoms in total. The van der Waals surface area contributed by atoms with Crippen molar-refractivity contribution in [2.75, 3.05) is 20.1 Å². The molecule has 2 N–H and O–H groups in total. The number of amides is 1. The van der Waals surface area contributed by atoms with E-state index in [-0.39, 0.29) is 11.9 Å². The molecule has 0 bridgehead atoms. The Morgan fingerprint density at radius 3 is 2.86 bits per heavy atom. The molecule has 2 rings (SSSR count). The number of likely N-dealkylation sites (N-methyl/N-ethyl adjacent to an activating group) is 1. The van der Waals surface area contributed by atoms with Gasteiger partial charge in [0.2, 0.25) is 5.91 Å². The number of halogens is 1. The summed E-state index contributed by atoms with van der Waals surface area (Å²) in [4.78, 5) is 16.4. The van der Waals surface area contributed by atoms with Gasteiger partial charge in [-0.15, -0.1) is 0 Å². The van der Waals surface area contributed by atoms with Crippen LogP contribution in [0.5, 0.6) is 0 Å². The van der Waals surface area contributed by atoms with E-state index in [9.17, 15) is 4.79 Å². The summed E-state index contributed by atoms with van der Waals surface area (Å²) in [7, 11) is 1.86. The van der Waals surface area contributed by atoms with Crippen LogP contribution in [-0.2, 0) is 11.3 Å². The lowest BCUT2D eigenvalue weighted by molar-refractivity contribution is -0.132. The summed E-state index contributed by atoms with van der Waals surface area (Å²) < 4.78 is 1.04. The number of rotatable bonds is 4. The van der Waals surface area contributed by atoms with E-state index in [4.69, 9.17) is 5.73 Å². The molecular weight excluding hydrogens is 330 g/mol. The molecule has 1 fully saturated rings. The lowest BCUT2D eigenvalue weighted by atomic mass is 9.99. The molecule has 21 heavy (non-hydrogen) atoms. The zero-order valence-corrected chi connectivity index (χ0v) is 14.3. The molecule has 0 saturated carbocycles. The Balaban J connectivity index is 1.89. The molecular formula is C16H24BrN3O. The number of hydrogen-bond donors (Lipinski definition) is 1. The molecule has 1 aliphatic heterocycles. The maximum Gasteiger partial charge on any atom is 0.236 e. The number of piperidine rings is 1. The first-order chi connectivity index (χ1) is 9.97. The highest BCUT2D eigenvalue weighted by atomic mass is 79.9. The van der Waals surface area contributed by atoms with Crippen LogP contribution < -0.4 is 5.73 Å². The van der Waals surface area contributed by atoms with Crippen molar-refractivity contribution in [3.8, 4) is 0 Å². The van der Waals surface area contributed by atoms with Gasteiger partial charge in [-0.2, -0.15) is 0 Å². The maximum atomic E-state index is 12.4. The highest BCUT2D eigenvalue weighted by molar-refractivity contribution is 9.10. The van der Waals surface area contributed by atoms with E-state index in [1.807, 2.05) is 31.3 Å². The average Bonchev–Trinajstić information content (AvgIpc) is 2.44. The van der Waals surface area contributed by atoms with Crippen LogP contribution in [-0.4, -0.2) is 47.9 Å². The van der Waals surface area contributed by atoms with Crippen LogP contribution in [0.4, 0.5) is 0 Å². The summed E-state index contributed by atoms with van der Waals surface area (Å²) >= 11 is 3.53. The molecule has 5 heteroatoms. The molecule has 0 radical (unpaired) electrons. The minimum Gasteiger partial charge on any atom is -0.340 e. The standard InChI is InChI=1S/C16H24BrN3O/c1-12-9-14(18)7-8-20(12)11-16(21)19(2)10-13-5-3-4-6-15(13)17/h3-6,12,14H,7-11,18H2,1-2H3. The van der Waals surface area contributed by atoms with Crippen molar-refractivity contribution < 1.29 is 4.79 Å². The molecule has 2 unspecified atom stereocenters. The van der Waals surface area contributed by atoms with Crippen LogP contribution in [0.1, 0.15) is 25.3 Å². The van der Waals surface area contributed by atoms with Gasteiger partial charge in [-0.05, 0) is 31.4 Å². The van der Waals surface area contributed by atoms with Crippen molar-refractivity contribution in [3.63, 3.8) is 0 Å². The monoisotopic (exact) mass is 353 g/mol. The van der Waals surface area contributed by atoms with Gasteiger partial charge in [-0.1, -0.05) is 34.1 Å². The first-order valence-corrected chi connectivity index (χ1v) is 8.23. The molecule has 0 aromatic heterocycles. The summed E-state index contributed by atoms with van der Waals surface area (Å²) in [6.07, 6.45) is 1.95. The summed E-state index contributed by atoms with van der Waals surface area (Å²) in [6, 6.07) is 8.68. The number of hydrogen-bond acceptors (Lipinski definition) is 3. The average molecular weight is 354 g/mol. The second-order valence-electron chi connectivity index (χ2n) is 5.95. The number of nitrogens with two attached hydrogens (primary N) is 1. The topological polar surface area (TPSA) is 49.6 Å². The third-order valence-electron chi connectivity index (χ3n) is 4.18. The largest absolute Gasteiger partial charge is 0.340 e. The van der Waals surface area contributed by atoms with E-state index in [0.717, 1.165) is 29.4 Å². The second kappa shape index (κ2) is 7.38. The Bertz CT molecular complexity index is 494. The summed E-state index contributed by atoms with van der Waals surface area (Å²) in [6.45, 7) is 4.17. The van der Waals surface area contributed by atoms with Crippen LogP contribution in [0.2, 0.25) is 0 Å². The quantitative estimate of drug-likeness (QED) is 0.902. The molecule has 0 spiro atoms. The minimum absolute atomic E-state index is 0.160. The first kappa shape index (κ1) is 16.5. The van der Waals surface area contributed by atoms with Gasteiger partial charge < -0.3 is 10.6 Å². The fourth-order valence-corrected chi connectivity index (χ4v) is 3.17. The summed E-state index contributed by atoms with van der Waals surface area (Å²) in [5, 5.41) is 0. The van der Waals surface area contributed by atoms with Gasteiger partial charge in [0.05, 0.1) is 6.54 Å². The predicted octanol–water partition coefficient (Wildman–Crippen LogP) is 2.22. The van der Waals surface area contributed by atoms with Crippen molar-refractivity contribution in [2.24, 2.45) is 5.73 Å².